The lowest BCUT2D eigenvalue weighted by Crippen LogP contribution is -2.07. The van der Waals surface area contributed by atoms with Crippen molar-refractivity contribution in [3.63, 3.8) is 0 Å². The van der Waals surface area contributed by atoms with Crippen LogP contribution < -0.4 is 9.47 Å². The molecule has 0 heterocycles. The van der Waals surface area contributed by atoms with Gasteiger partial charge in [0, 0.05) is 0 Å². The molecular formula is C45H82O4. The molecule has 0 spiro atoms. The van der Waals surface area contributed by atoms with E-state index in [-0.39, 0.29) is 6.42 Å². The van der Waals surface area contributed by atoms with Crippen molar-refractivity contribution in [2.75, 3.05) is 13.2 Å². The SMILES string of the molecule is CCCCCCCCCCCCCCCCCCOc1cc(CC(=O)O)cc(C)c1OCCCCCCCCCCCCCCCCCC. The van der Waals surface area contributed by atoms with Crippen LogP contribution in [0, 0.1) is 6.92 Å². The van der Waals surface area contributed by atoms with Crippen molar-refractivity contribution in [3.8, 4) is 11.5 Å². The van der Waals surface area contributed by atoms with Crippen LogP contribution in [0.25, 0.3) is 0 Å². The van der Waals surface area contributed by atoms with Crippen molar-refractivity contribution in [1.29, 1.82) is 0 Å². The molecule has 0 atom stereocenters. The highest BCUT2D eigenvalue weighted by molar-refractivity contribution is 5.71. The van der Waals surface area contributed by atoms with E-state index < -0.39 is 5.97 Å². The molecule has 1 rings (SSSR count). The maximum atomic E-state index is 11.4. The summed E-state index contributed by atoms with van der Waals surface area (Å²) in [7, 11) is 0. The monoisotopic (exact) mass is 687 g/mol. The van der Waals surface area contributed by atoms with Gasteiger partial charge in [-0.15, -0.1) is 0 Å². The molecule has 0 amide bonds. The second-order valence-corrected chi connectivity index (χ2v) is 15.1. The summed E-state index contributed by atoms with van der Waals surface area (Å²) in [5, 5.41) is 9.34. The Kier molecular flexibility index (Phi) is 32.1. The summed E-state index contributed by atoms with van der Waals surface area (Å²) in [6, 6.07) is 3.83. The maximum absolute atomic E-state index is 11.4. The topological polar surface area (TPSA) is 55.8 Å². The van der Waals surface area contributed by atoms with Gasteiger partial charge in [-0.3, -0.25) is 4.79 Å². The third kappa shape index (κ3) is 28.7. The molecule has 286 valence electrons. The quantitative estimate of drug-likeness (QED) is 0.0704. The van der Waals surface area contributed by atoms with E-state index in [0.29, 0.717) is 19.0 Å². The zero-order chi connectivity index (χ0) is 35.5. The Morgan fingerprint density at radius 2 is 0.776 bits per heavy atom. The van der Waals surface area contributed by atoms with Crippen LogP contribution in [-0.2, 0) is 11.2 Å². The average molecular weight is 687 g/mol. The van der Waals surface area contributed by atoms with Gasteiger partial charge in [0.05, 0.1) is 19.6 Å². The summed E-state index contributed by atoms with van der Waals surface area (Å²) in [6.07, 6.45) is 43.4. The summed E-state index contributed by atoms with van der Waals surface area (Å²) in [6.45, 7) is 7.93. The highest BCUT2D eigenvalue weighted by Gasteiger charge is 2.13. The van der Waals surface area contributed by atoms with Gasteiger partial charge in [-0.2, -0.15) is 0 Å². The number of ether oxygens (including phenoxy) is 2. The Balaban J connectivity index is 2.15. The number of carboxylic acid groups (broad SMARTS) is 1. The van der Waals surface area contributed by atoms with E-state index in [2.05, 4.69) is 13.8 Å². The van der Waals surface area contributed by atoms with Gasteiger partial charge in [0.25, 0.3) is 0 Å². The van der Waals surface area contributed by atoms with Crippen LogP contribution in [0.2, 0.25) is 0 Å². The van der Waals surface area contributed by atoms with Gasteiger partial charge >= 0.3 is 5.97 Å². The number of unbranched alkanes of at least 4 members (excludes halogenated alkanes) is 30. The molecule has 0 fully saturated rings. The maximum Gasteiger partial charge on any atom is 0.307 e. The molecule has 1 aromatic carbocycles. The minimum Gasteiger partial charge on any atom is -0.490 e. The van der Waals surface area contributed by atoms with E-state index in [1.54, 1.807) is 0 Å². The normalized spacial score (nSPS) is 11.3. The molecule has 0 aliphatic heterocycles. The second kappa shape index (κ2) is 34.7. The summed E-state index contributed by atoms with van der Waals surface area (Å²) >= 11 is 0. The molecule has 4 heteroatoms. The molecule has 0 aliphatic rings. The first-order valence-electron chi connectivity index (χ1n) is 21.7. The van der Waals surface area contributed by atoms with Crippen molar-refractivity contribution in [2.24, 2.45) is 0 Å². The van der Waals surface area contributed by atoms with Crippen molar-refractivity contribution < 1.29 is 19.4 Å². The number of benzene rings is 1. The van der Waals surface area contributed by atoms with E-state index in [9.17, 15) is 9.90 Å². The smallest absolute Gasteiger partial charge is 0.307 e. The zero-order valence-electron chi connectivity index (χ0n) is 33.1. The van der Waals surface area contributed by atoms with Gasteiger partial charge in [-0.25, -0.2) is 0 Å². The standard InChI is InChI=1S/C45H82O4/c1-4-6-8-10-12-14-16-18-20-22-24-26-28-30-32-34-36-48-43-39-42(40-44(46)47)38-41(3)45(43)49-37-35-33-31-29-27-25-23-21-19-17-15-13-11-9-7-5-2/h38-39H,4-37,40H2,1-3H3,(H,46,47). The third-order valence-corrected chi connectivity index (χ3v) is 10.2. The molecule has 0 unspecified atom stereocenters. The molecular weight excluding hydrogens is 604 g/mol. The van der Waals surface area contributed by atoms with E-state index in [1.165, 1.54) is 193 Å². The molecule has 4 nitrogen and oxygen atoms in total. The van der Waals surface area contributed by atoms with Crippen LogP contribution in [0.3, 0.4) is 0 Å². The summed E-state index contributed by atoms with van der Waals surface area (Å²) in [5.74, 6) is 0.699. The van der Waals surface area contributed by atoms with Crippen LogP contribution in [0.15, 0.2) is 12.1 Å². The fraction of sp³-hybridized carbons (Fsp3) is 0.844. The molecule has 0 aliphatic carbocycles. The van der Waals surface area contributed by atoms with Crippen molar-refractivity contribution in [1.82, 2.24) is 0 Å². The van der Waals surface area contributed by atoms with E-state index in [0.717, 1.165) is 29.7 Å². The fourth-order valence-electron chi connectivity index (χ4n) is 7.04. The Morgan fingerprint density at radius 1 is 0.469 bits per heavy atom. The second-order valence-electron chi connectivity index (χ2n) is 15.1. The van der Waals surface area contributed by atoms with Gasteiger partial charge in [0.1, 0.15) is 0 Å². The fourth-order valence-corrected chi connectivity index (χ4v) is 7.04. The molecule has 1 N–H and O–H groups in total. The van der Waals surface area contributed by atoms with E-state index in [1.807, 2.05) is 19.1 Å². The van der Waals surface area contributed by atoms with Crippen LogP contribution in [0.4, 0.5) is 0 Å². The minimum atomic E-state index is -0.815. The average Bonchev–Trinajstić information content (AvgIpc) is 3.08. The van der Waals surface area contributed by atoms with Crippen LogP contribution in [0.5, 0.6) is 11.5 Å². The molecule has 1 aromatic rings. The highest BCUT2D eigenvalue weighted by atomic mass is 16.5. The lowest BCUT2D eigenvalue weighted by atomic mass is 10.0. The number of carbonyl (C=O) groups is 1. The predicted molar refractivity (Wildman–Crippen MR) is 213 cm³/mol. The van der Waals surface area contributed by atoms with Crippen LogP contribution in [-0.4, -0.2) is 24.3 Å². The number of hydrogen-bond acceptors (Lipinski definition) is 3. The Hall–Kier alpha value is -1.71. The first-order chi connectivity index (χ1) is 24.1. The highest BCUT2D eigenvalue weighted by Crippen LogP contribution is 2.33. The van der Waals surface area contributed by atoms with Gasteiger partial charge < -0.3 is 14.6 Å². The number of aliphatic carboxylic acids is 1. The van der Waals surface area contributed by atoms with Gasteiger partial charge in [-0.1, -0.05) is 213 Å². The van der Waals surface area contributed by atoms with Crippen molar-refractivity contribution in [2.45, 2.75) is 233 Å². The number of hydrogen-bond donors (Lipinski definition) is 1. The van der Waals surface area contributed by atoms with Gasteiger partial charge in [0.15, 0.2) is 11.5 Å². The lowest BCUT2D eigenvalue weighted by molar-refractivity contribution is -0.136. The third-order valence-electron chi connectivity index (χ3n) is 10.2. The zero-order valence-corrected chi connectivity index (χ0v) is 33.1. The van der Waals surface area contributed by atoms with E-state index in [4.69, 9.17) is 9.47 Å². The minimum absolute atomic E-state index is 0.00958. The van der Waals surface area contributed by atoms with Crippen LogP contribution >= 0.6 is 0 Å². The lowest BCUT2D eigenvalue weighted by Gasteiger charge is -2.17. The largest absolute Gasteiger partial charge is 0.490 e. The van der Waals surface area contributed by atoms with Gasteiger partial charge in [-0.05, 0) is 37.0 Å². The molecule has 0 radical (unpaired) electrons. The predicted octanol–water partition coefficient (Wildman–Crippen LogP) is 14.9. The van der Waals surface area contributed by atoms with Gasteiger partial charge in [0.2, 0.25) is 0 Å². The van der Waals surface area contributed by atoms with Crippen LogP contribution in [0.1, 0.15) is 230 Å². The van der Waals surface area contributed by atoms with Crippen molar-refractivity contribution >= 4 is 5.97 Å². The van der Waals surface area contributed by atoms with E-state index >= 15 is 0 Å². The first-order valence-corrected chi connectivity index (χ1v) is 21.7. The molecule has 49 heavy (non-hydrogen) atoms. The Labute approximate surface area is 305 Å². The first kappa shape index (κ1) is 45.3. The molecule has 0 aromatic heterocycles. The molecule has 0 saturated heterocycles. The summed E-state index contributed by atoms with van der Waals surface area (Å²) < 4.78 is 12.5. The molecule has 0 bridgehead atoms. The van der Waals surface area contributed by atoms with Crippen molar-refractivity contribution in [3.05, 3.63) is 23.3 Å². The number of carboxylic acids is 1. The number of rotatable bonds is 38. The number of aryl methyl sites for hydroxylation is 1. The Bertz CT molecular complexity index is 866. The summed E-state index contributed by atoms with van der Waals surface area (Å²) in [4.78, 5) is 11.4. The molecule has 0 saturated carbocycles. The summed E-state index contributed by atoms with van der Waals surface area (Å²) in [5.41, 5.74) is 1.75. The Morgan fingerprint density at radius 3 is 1.10 bits per heavy atom.